The van der Waals surface area contributed by atoms with Crippen molar-refractivity contribution in [2.45, 2.75) is 40.0 Å². The molecule has 1 aliphatic heterocycles. The summed E-state index contributed by atoms with van der Waals surface area (Å²) in [6.07, 6.45) is 8.44. The highest BCUT2D eigenvalue weighted by Crippen LogP contribution is 2.41. The number of nitrogens with zero attached hydrogens (tertiary/aromatic N) is 3. The van der Waals surface area contributed by atoms with Crippen LogP contribution in [0.3, 0.4) is 0 Å². The quantitative estimate of drug-likeness (QED) is 0.420. The third-order valence-corrected chi connectivity index (χ3v) is 6.81. The van der Waals surface area contributed by atoms with E-state index in [1.807, 2.05) is 13.2 Å². The van der Waals surface area contributed by atoms with Crippen molar-refractivity contribution in [2.75, 3.05) is 34.3 Å². The summed E-state index contributed by atoms with van der Waals surface area (Å²) in [6.45, 7) is 15.3. The Labute approximate surface area is 215 Å². The van der Waals surface area contributed by atoms with Gasteiger partial charge in [-0.05, 0) is 48.0 Å². The number of allylic oxidation sites excluding steroid dienone is 4. The third-order valence-electron chi connectivity index (χ3n) is 6.81. The van der Waals surface area contributed by atoms with Crippen molar-refractivity contribution in [2.24, 2.45) is 5.41 Å². The molecule has 3 rings (SSSR count). The summed E-state index contributed by atoms with van der Waals surface area (Å²) >= 11 is 0. The summed E-state index contributed by atoms with van der Waals surface area (Å²) in [6, 6.07) is 8.67. The summed E-state index contributed by atoms with van der Waals surface area (Å²) in [5.74, 6) is -0.522. The first-order valence-electron chi connectivity index (χ1n) is 12.3. The molecule has 0 N–H and O–H groups in total. The number of ether oxygens (including phenoxy) is 1. The SMILES string of the molecule is C=CN1C(C(=C)N(C)CC(C)(C)CC(=O)N(C)CC(=O)OC)=CCC2=C1C=C(c1ccc(C)cc1)C2. The van der Waals surface area contributed by atoms with Crippen molar-refractivity contribution in [1.82, 2.24) is 14.7 Å². The van der Waals surface area contributed by atoms with Crippen LogP contribution in [0.4, 0.5) is 0 Å². The number of hydrogen-bond acceptors (Lipinski definition) is 5. The molecule has 0 fully saturated rings. The van der Waals surface area contributed by atoms with Gasteiger partial charge in [-0.25, -0.2) is 0 Å². The van der Waals surface area contributed by atoms with Crippen molar-refractivity contribution in [1.29, 1.82) is 0 Å². The minimum absolute atomic E-state index is 0.0509. The van der Waals surface area contributed by atoms with Gasteiger partial charge in [0.1, 0.15) is 6.54 Å². The maximum atomic E-state index is 12.7. The molecular formula is C30H39N3O3. The Morgan fingerprint density at radius 2 is 1.83 bits per heavy atom. The van der Waals surface area contributed by atoms with E-state index in [0.29, 0.717) is 13.0 Å². The lowest BCUT2D eigenvalue weighted by Gasteiger charge is -2.37. The maximum Gasteiger partial charge on any atom is 0.325 e. The molecule has 1 aromatic carbocycles. The van der Waals surface area contributed by atoms with E-state index in [0.717, 1.165) is 24.2 Å². The topological polar surface area (TPSA) is 53.1 Å². The van der Waals surface area contributed by atoms with E-state index in [1.165, 1.54) is 40.0 Å². The average Bonchev–Trinajstić information content (AvgIpc) is 3.26. The highest BCUT2D eigenvalue weighted by molar-refractivity contribution is 5.82. The predicted octanol–water partition coefficient (Wildman–Crippen LogP) is 5.26. The minimum Gasteiger partial charge on any atom is -0.468 e. The van der Waals surface area contributed by atoms with Crippen LogP contribution in [-0.4, -0.2) is 60.9 Å². The molecule has 0 spiro atoms. The largest absolute Gasteiger partial charge is 0.468 e. The highest BCUT2D eigenvalue weighted by atomic mass is 16.5. The van der Waals surface area contributed by atoms with Crippen molar-refractivity contribution in [3.8, 4) is 0 Å². The first-order valence-corrected chi connectivity index (χ1v) is 12.3. The summed E-state index contributed by atoms with van der Waals surface area (Å²) in [4.78, 5) is 29.8. The zero-order chi connectivity index (χ0) is 26.6. The number of methoxy groups -OCH3 is 1. The van der Waals surface area contributed by atoms with Gasteiger partial charge in [0.15, 0.2) is 0 Å². The first-order chi connectivity index (χ1) is 17.0. The van der Waals surface area contributed by atoms with E-state index in [-0.39, 0.29) is 17.9 Å². The third kappa shape index (κ3) is 6.17. The lowest BCUT2D eigenvalue weighted by molar-refractivity contribution is -0.146. The summed E-state index contributed by atoms with van der Waals surface area (Å²) in [5.41, 5.74) is 7.93. The summed E-state index contributed by atoms with van der Waals surface area (Å²) in [5, 5.41) is 0. The van der Waals surface area contributed by atoms with Gasteiger partial charge in [-0.3, -0.25) is 9.59 Å². The van der Waals surface area contributed by atoms with Gasteiger partial charge < -0.3 is 19.4 Å². The molecule has 1 amide bonds. The van der Waals surface area contributed by atoms with Crippen molar-refractivity contribution < 1.29 is 14.3 Å². The smallest absolute Gasteiger partial charge is 0.325 e. The van der Waals surface area contributed by atoms with Gasteiger partial charge in [0.05, 0.1) is 18.5 Å². The summed E-state index contributed by atoms with van der Waals surface area (Å²) < 4.78 is 4.67. The molecule has 36 heavy (non-hydrogen) atoms. The molecule has 1 heterocycles. The number of likely N-dealkylation sites (N-methyl/N-ethyl adjacent to an activating group) is 2. The van der Waals surface area contributed by atoms with E-state index in [2.05, 4.69) is 84.9 Å². The fraction of sp³-hybridized carbons (Fsp3) is 0.400. The highest BCUT2D eigenvalue weighted by Gasteiger charge is 2.30. The van der Waals surface area contributed by atoms with E-state index in [1.54, 1.807) is 7.05 Å². The number of benzene rings is 1. The van der Waals surface area contributed by atoms with Gasteiger partial charge >= 0.3 is 5.97 Å². The van der Waals surface area contributed by atoms with Gasteiger partial charge in [-0.1, -0.05) is 62.9 Å². The number of rotatable bonds is 10. The van der Waals surface area contributed by atoms with Crippen LogP contribution < -0.4 is 0 Å². The molecule has 0 radical (unpaired) electrons. The van der Waals surface area contributed by atoms with Crippen LogP contribution in [0.5, 0.6) is 0 Å². The Morgan fingerprint density at radius 3 is 2.44 bits per heavy atom. The van der Waals surface area contributed by atoms with Crippen LogP contribution in [0.1, 0.15) is 44.2 Å². The van der Waals surface area contributed by atoms with Crippen LogP contribution >= 0.6 is 0 Å². The number of aryl methyl sites for hydroxylation is 1. The number of carbonyl (C=O) groups is 2. The minimum atomic E-state index is -0.428. The predicted molar refractivity (Wildman–Crippen MR) is 145 cm³/mol. The molecule has 192 valence electrons. The molecule has 0 bridgehead atoms. The molecule has 6 heteroatoms. The van der Waals surface area contributed by atoms with Crippen LogP contribution in [0, 0.1) is 12.3 Å². The molecule has 2 aliphatic rings. The van der Waals surface area contributed by atoms with Crippen LogP contribution in [-0.2, 0) is 14.3 Å². The second kappa shape index (κ2) is 11.0. The van der Waals surface area contributed by atoms with Gasteiger partial charge in [0, 0.05) is 39.0 Å². The molecule has 0 unspecified atom stereocenters. The van der Waals surface area contributed by atoms with E-state index in [9.17, 15) is 9.59 Å². The lowest BCUT2D eigenvalue weighted by atomic mass is 9.87. The number of carbonyl (C=O) groups excluding carboxylic acids is 2. The number of hydrogen-bond donors (Lipinski definition) is 0. The first kappa shape index (κ1) is 27.1. The molecule has 1 aliphatic carbocycles. The normalized spacial score (nSPS) is 15.1. The average molecular weight is 490 g/mol. The lowest BCUT2D eigenvalue weighted by Crippen LogP contribution is -2.39. The monoisotopic (exact) mass is 489 g/mol. The van der Waals surface area contributed by atoms with Crippen molar-refractivity contribution in [3.63, 3.8) is 0 Å². The van der Waals surface area contributed by atoms with Gasteiger partial charge in [0.2, 0.25) is 5.91 Å². The van der Waals surface area contributed by atoms with Crippen molar-refractivity contribution >= 4 is 17.4 Å². The van der Waals surface area contributed by atoms with Gasteiger partial charge in [0.25, 0.3) is 0 Å². The Balaban J connectivity index is 1.68. The zero-order valence-corrected chi connectivity index (χ0v) is 22.6. The van der Waals surface area contributed by atoms with Crippen LogP contribution in [0.15, 0.2) is 78.4 Å². The second-order valence-corrected chi connectivity index (χ2v) is 10.5. The van der Waals surface area contributed by atoms with E-state index < -0.39 is 5.97 Å². The fourth-order valence-electron chi connectivity index (χ4n) is 4.79. The van der Waals surface area contributed by atoms with Crippen LogP contribution in [0.2, 0.25) is 0 Å². The molecule has 0 saturated carbocycles. The molecule has 6 nitrogen and oxygen atoms in total. The van der Waals surface area contributed by atoms with Crippen LogP contribution in [0.25, 0.3) is 5.57 Å². The Bertz CT molecular complexity index is 1140. The molecule has 0 atom stereocenters. The number of amides is 1. The standard InChI is InChI=1S/C30H39N3O3/c1-9-33-26(15-14-24-16-25(17-27(24)33)23-12-10-21(2)11-13-23)22(3)32(7)20-30(4,5)18-28(34)31(6)19-29(35)36-8/h9-13,15,17H,1,3,14,16,18-20H2,2,4-8H3. The van der Waals surface area contributed by atoms with E-state index >= 15 is 0 Å². The maximum absolute atomic E-state index is 12.7. The van der Waals surface area contributed by atoms with E-state index in [4.69, 9.17) is 0 Å². The molecule has 0 saturated heterocycles. The Morgan fingerprint density at radius 1 is 1.17 bits per heavy atom. The Hall–Kier alpha value is -3.54. The number of esters is 1. The van der Waals surface area contributed by atoms with Gasteiger partial charge in [-0.15, -0.1) is 0 Å². The Kier molecular flexibility index (Phi) is 8.28. The second-order valence-electron chi connectivity index (χ2n) is 10.5. The summed E-state index contributed by atoms with van der Waals surface area (Å²) in [7, 11) is 4.94. The fourth-order valence-corrected chi connectivity index (χ4v) is 4.79. The molecule has 0 aromatic heterocycles. The zero-order valence-electron chi connectivity index (χ0n) is 22.6. The molecule has 1 aromatic rings. The van der Waals surface area contributed by atoms with Crippen molar-refractivity contribution in [3.05, 3.63) is 89.6 Å². The molecular weight excluding hydrogens is 450 g/mol. The van der Waals surface area contributed by atoms with Gasteiger partial charge in [-0.2, -0.15) is 0 Å².